The van der Waals surface area contributed by atoms with Crippen molar-refractivity contribution in [2.24, 2.45) is 5.92 Å². The number of piperidine rings is 1. The number of hydrogen-bond donors (Lipinski definition) is 1. The highest BCUT2D eigenvalue weighted by Gasteiger charge is 2.29. The SMILES string of the molecule is CC1CCCN(c2nccc(C(=O)NC3CCS(=O)(=O)C3)n2)C1. The molecule has 0 aromatic carbocycles. The van der Waals surface area contributed by atoms with Crippen LogP contribution >= 0.6 is 0 Å². The maximum Gasteiger partial charge on any atom is 0.270 e. The summed E-state index contributed by atoms with van der Waals surface area (Å²) < 4.78 is 22.9. The first kappa shape index (κ1) is 16.2. The highest BCUT2D eigenvalue weighted by Crippen LogP contribution is 2.20. The normalized spacial score (nSPS) is 26.9. The van der Waals surface area contributed by atoms with Gasteiger partial charge in [0, 0.05) is 25.3 Å². The van der Waals surface area contributed by atoms with Crippen LogP contribution in [0.2, 0.25) is 0 Å². The fraction of sp³-hybridized carbons (Fsp3) is 0.667. The summed E-state index contributed by atoms with van der Waals surface area (Å²) in [6, 6.07) is 1.25. The van der Waals surface area contributed by atoms with Gasteiger partial charge in [0.2, 0.25) is 5.95 Å². The molecular weight excluding hydrogens is 316 g/mol. The molecule has 2 saturated heterocycles. The number of sulfone groups is 1. The Morgan fingerprint density at radius 3 is 2.91 bits per heavy atom. The number of nitrogens with zero attached hydrogens (tertiary/aromatic N) is 3. The van der Waals surface area contributed by atoms with Gasteiger partial charge in [0.25, 0.3) is 5.91 Å². The van der Waals surface area contributed by atoms with E-state index in [1.165, 1.54) is 6.42 Å². The Labute approximate surface area is 136 Å². The topological polar surface area (TPSA) is 92.3 Å². The van der Waals surface area contributed by atoms with Crippen LogP contribution < -0.4 is 10.2 Å². The summed E-state index contributed by atoms with van der Waals surface area (Å²) in [7, 11) is -3.01. The monoisotopic (exact) mass is 338 g/mol. The lowest BCUT2D eigenvalue weighted by Crippen LogP contribution is -2.38. The Bertz CT molecular complexity index is 692. The lowest BCUT2D eigenvalue weighted by Gasteiger charge is -2.30. The van der Waals surface area contributed by atoms with E-state index in [0.717, 1.165) is 19.5 Å². The Morgan fingerprint density at radius 2 is 2.22 bits per heavy atom. The van der Waals surface area contributed by atoms with Crippen molar-refractivity contribution in [1.29, 1.82) is 0 Å². The molecule has 23 heavy (non-hydrogen) atoms. The number of rotatable bonds is 3. The molecule has 2 aliphatic heterocycles. The van der Waals surface area contributed by atoms with Crippen molar-refractivity contribution in [2.75, 3.05) is 29.5 Å². The Hall–Kier alpha value is -1.70. The highest BCUT2D eigenvalue weighted by molar-refractivity contribution is 7.91. The van der Waals surface area contributed by atoms with Gasteiger partial charge in [-0.1, -0.05) is 6.92 Å². The number of anilines is 1. The third kappa shape index (κ3) is 3.99. The van der Waals surface area contributed by atoms with Crippen molar-refractivity contribution < 1.29 is 13.2 Å². The van der Waals surface area contributed by atoms with Crippen molar-refractivity contribution >= 4 is 21.7 Å². The zero-order chi connectivity index (χ0) is 16.4. The van der Waals surface area contributed by atoms with Crippen LogP contribution in [-0.4, -0.2) is 54.9 Å². The predicted octanol–water partition coefficient (Wildman–Crippen LogP) is 0.630. The second kappa shape index (κ2) is 6.43. The average Bonchev–Trinajstić information content (AvgIpc) is 2.86. The molecule has 126 valence electrons. The molecule has 0 aliphatic carbocycles. The second-order valence-electron chi connectivity index (χ2n) is 6.51. The summed E-state index contributed by atoms with van der Waals surface area (Å²) >= 11 is 0. The number of amides is 1. The summed E-state index contributed by atoms with van der Waals surface area (Å²) in [6.45, 7) is 3.99. The van der Waals surface area contributed by atoms with Crippen LogP contribution in [0.5, 0.6) is 0 Å². The molecule has 1 N–H and O–H groups in total. The number of carbonyl (C=O) groups is 1. The van der Waals surface area contributed by atoms with Gasteiger partial charge in [0.05, 0.1) is 11.5 Å². The Morgan fingerprint density at radius 1 is 1.39 bits per heavy atom. The quantitative estimate of drug-likeness (QED) is 0.869. The van der Waals surface area contributed by atoms with Crippen molar-refractivity contribution in [3.05, 3.63) is 18.0 Å². The number of nitrogens with one attached hydrogen (secondary N) is 1. The van der Waals surface area contributed by atoms with E-state index in [1.54, 1.807) is 12.3 Å². The van der Waals surface area contributed by atoms with Crippen LogP contribution in [0.1, 0.15) is 36.7 Å². The van der Waals surface area contributed by atoms with Gasteiger partial charge in [-0.05, 0) is 31.2 Å². The van der Waals surface area contributed by atoms with Gasteiger partial charge in [-0.25, -0.2) is 18.4 Å². The summed E-state index contributed by atoms with van der Waals surface area (Å²) in [5, 5.41) is 2.76. The third-order valence-electron chi connectivity index (χ3n) is 4.38. The van der Waals surface area contributed by atoms with Crippen LogP contribution in [0.3, 0.4) is 0 Å². The third-order valence-corrected chi connectivity index (χ3v) is 6.15. The van der Waals surface area contributed by atoms with E-state index in [4.69, 9.17) is 0 Å². The summed E-state index contributed by atoms with van der Waals surface area (Å²) in [4.78, 5) is 23.0. The van der Waals surface area contributed by atoms with Crippen molar-refractivity contribution in [3.63, 3.8) is 0 Å². The van der Waals surface area contributed by atoms with E-state index in [1.807, 2.05) is 0 Å². The van der Waals surface area contributed by atoms with E-state index in [2.05, 4.69) is 27.1 Å². The molecular formula is C15H22N4O3S. The van der Waals surface area contributed by atoms with Crippen molar-refractivity contribution in [1.82, 2.24) is 15.3 Å². The predicted molar refractivity (Wildman–Crippen MR) is 87.2 cm³/mol. The Kier molecular flexibility index (Phi) is 4.52. The molecule has 0 saturated carbocycles. The first-order valence-corrected chi connectivity index (χ1v) is 9.84. The molecule has 0 bridgehead atoms. The molecule has 2 unspecified atom stereocenters. The van der Waals surface area contributed by atoms with Crippen LogP contribution in [0.25, 0.3) is 0 Å². The zero-order valence-corrected chi connectivity index (χ0v) is 14.1. The van der Waals surface area contributed by atoms with Gasteiger partial charge in [-0.3, -0.25) is 4.79 Å². The lowest BCUT2D eigenvalue weighted by molar-refractivity contribution is 0.0936. The van der Waals surface area contributed by atoms with Crippen LogP contribution in [-0.2, 0) is 9.84 Å². The number of carbonyl (C=O) groups excluding carboxylic acids is 1. The fourth-order valence-electron chi connectivity index (χ4n) is 3.17. The summed E-state index contributed by atoms with van der Waals surface area (Å²) in [5.74, 6) is 0.983. The smallest absolute Gasteiger partial charge is 0.270 e. The van der Waals surface area contributed by atoms with Crippen molar-refractivity contribution in [2.45, 2.75) is 32.2 Å². The largest absolute Gasteiger partial charge is 0.347 e. The van der Waals surface area contributed by atoms with Crippen molar-refractivity contribution in [3.8, 4) is 0 Å². The van der Waals surface area contributed by atoms with Gasteiger partial charge < -0.3 is 10.2 Å². The maximum atomic E-state index is 12.3. The molecule has 8 heteroatoms. The van der Waals surface area contributed by atoms with Gasteiger partial charge >= 0.3 is 0 Å². The molecule has 0 radical (unpaired) electrons. The van der Waals surface area contributed by atoms with Gasteiger partial charge in [0.15, 0.2) is 9.84 Å². The molecule has 3 rings (SSSR count). The van der Waals surface area contributed by atoms with E-state index >= 15 is 0 Å². The zero-order valence-electron chi connectivity index (χ0n) is 13.2. The van der Waals surface area contributed by atoms with Crippen LogP contribution in [0.15, 0.2) is 12.3 Å². The minimum Gasteiger partial charge on any atom is -0.347 e. The Balaban J connectivity index is 1.68. The maximum absolute atomic E-state index is 12.3. The minimum absolute atomic E-state index is 0.0142. The second-order valence-corrected chi connectivity index (χ2v) is 8.74. The van der Waals surface area contributed by atoms with E-state index in [-0.39, 0.29) is 29.1 Å². The van der Waals surface area contributed by atoms with Crippen LogP contribution in [0.4, 0.5) is 5.95 Å². The molecule has 7 nitrogen and oxygen atoms in total. The average molecular weight is 338 g/mol. The summed E-state index contributed by atoms with van der Waals surface area (Å²) in [6.07, 6.45) is 4.35. The summed E-state index contributed by atoms with van der Waals surface area (Å²) in [5.41, 5.74) is 0.289. The standard InChI is InChI=1S/C15H22N4O3S/c1-11-3-2-7-19(9-11)15-16-6-4-13(18-15)14(20)17-12-5-8-23(21,22)10-12/h4,6,11-12H,2-3,5,7-10H2,1H3,(H,17,20). The minimum atomic E-state index is -3.01. The molecule has 2 fully saturated rings. The van der Waals surface area contributed by atoms with Gasteiger partial charge in [-0.2, -0.15) is 0 Å². The molecule has 1 amide bonds. The molecule has 0 spiro atoms. The van der Waals surface area contributed by atoms with Gasteiger partial charge in [-0.15, -0.1) is 0 Å². The first-order valence-electron chi connectivity index (χ1n) is 8.02. The van der Waals surface area contributed by atoms with E-state index < -0.39 is 9.84 Å². The number of aromatic nitrogens is 2. The fourth-order valence-corrected chi connectivity index (χ4v) is 4.84. The molecule has 3 heterocycles. The molecule has 1 aromatic rings. The molecule has 2 aliphatic rings. The number of hydrogen-bond acceptors (Lipinski definition) is 6. The highest BCUT2D eigenvalue weighted by atomic mass is 32.2. The van der Waals surface area contributed by atoms with E-state index in [9.17, 15) is 13.2 Å². The first-order chi connectivity index (χ1) is 10.9. The van der Waals surface area contributed by atoms with Gasteiger partial charge in [0.1, 0.15) is 5.69 Å². The molecule has 1 aromatic heterocycles. The lowest BCUT2D eigenvalue weighted by atomic mass is 10.0. The molecule has 2 atom stereocenters. The van der Waals surface area contributed by atoms with E-state index in [0.29, 0.717) is 18.3 Å². The van der Waals surface area contributed by atoms with Crippen LogP contribution in [0, 0.1) is 5.92 Å².